The zero-order valence-electron chi connectivity index (χ0n) is 12.1. The van der Waals surface area contributed by atoms with Crippen LogP contribution in [0.1, 0.15) is 35.6 Å². The summed E-state index contributed by atoms with van der Waals surface area (Å²) in [5.41, 5.74) is 10.2. The van der Waals surface area contributed by atoms with Crippen LogP contribution in [0.2, 0.25) is 0 Å². The number of amides is 1. The van der Waals surface area contributed by atoms with E-state index >= 15 is 0 Å². The number of carbonyl (C=O) groups is 1. The number of benzene rings is 2. The summed E-state index contributed by atoms with van der Waals surface area (Å²) in [7, 11) is 1.64. The number of methoxy groups -OCH3 is 1. The van der Waals surface area contributed by atoms with E-state index in [0.717, 1.165) is 28.1 Å². The van der Waals surface area contributed by atoms with Crippen molar-refractivity contribution in [3.05, 3.63) is 59.2 Å². The third-order valence-corrected chi connectivity index (χ3v) is 4.03. The average Bonchev–Trinajstić information content (AvgIpc) is 2.81. The molecule has 0 aliphatic carbocycles. The van der Waals surface area contributed by atoms with Crippen molar-refractivity contribution in [2.45, 2.75) is 18.9 Å². The molecule has 0 bridgehead atoms. The Morgan fingerprint density at radius 3 is 2.76 bits per heavy atom. The van der Waals surface area contributed by atoms with Crippen molar-refractivity contribution < 1.29 is 9.53 Å². The Labute approximate surface area is 123 Å². The Morgan fingerprint density at radius 1 is 1.24 bits per heavy atom. The van der Waals surface area contributed by atoms with Gasteiger partial charge in [-0.3, -0.25) is 4.79 Å². The van der Waals surface area contributed by atoms with Gasteiger partial charge in [-0.25, -0.2) is 0 Å². The van der Waals surface area contributed by atoms with E-state index in [1.54, 1.807) is 7.11 Å². The summed E-state index contributed by atoms with van der Waals surface area (Å²) in [5, 5.41) is 2.87. The van der Waals surface area contributed by atoms with Gasteiger partial charge in [0.05, 0.1) is 19.1 Å². The van der Waals surface area contributed by atoms with Gasteiger partial charge in [0.25, 0.3) is 0 Å². The van der Waals surface area contributed by atoms with Crippen molar-refractivity contribution in [2.75, 3.05) is 12.4 Å². The number of rotatable bonds is 3. The molecule has 3 N–H and O–H groups in total. The highest BCUT2D eigenvalue weighted by Gasteiger charge is 2.27. The second-order valence-corrected chi connectivity index (χ2v) is 5.28. The minimum atomic E-state index is -0.283. The number of hydrogen-bond donors (Lipinski definition) is 2. The first-order valence-electron chi connectivity index (χ1n) is 6.95. The lowest BCUT2D eigenvalue weighted by molar-refractivity contribution is -0.116. The van der Waals surface area contributed by atoms with E-state index < -0.39 is 0 Å². The van der Waals surface area contributed by atoms with Gasteiger partial charge in [0.2, 0.25) is 5.91 Å². The zero-order valence-corrected chi connectivity index (χ0v) is 12.1. The van der Waals surface area contributed by atoms with Gasteiger partial charge in [-0.15, -0.1) is 0 Å². The highest BCUT2D eigenvalue weighted by Crippen LogP contribution is 2.36. The Morgan fingerprint density at radius 2 is 2.00 bits per heavy atom. The molecule has 4 heteroatoms. The van der Waals surface area contributed by atoms with Crippen LogP contribution in [0.4, 0.5) is 5.69 Å². The molecule has 108 valence electrons. The Hall–Kier alpha value is -2.33. The molecule has 1 heterocycles. The minimum absolute atomic E-state index is 0.0352. The van der Waals surface area contributed by atoms with Crippen molar-refractivity contribution in [1.29, 1.82) is 0 Å². The van der Waals surface area contributed by atoms with Gasteiger partial charge >= 0.3 is 0 Å². The molecule has 21 heavy (non-hydrogen) atoms. The molecule has 0 fully saturated rings. The van der Waals surface area contributed by atoms with Crippen LogP contribution in [0.15, 0.2) is 42.5 Å². The molecule has 0 saturated heterocycles. The van der Waals surface area contributed by atoms with Crippen LogP contribution < -0.4 is 15.8 Å². The molecule has 1 aliphatic heterocycles. The van der Waals surface area contributed by atoms with Gasteiger partial charge < -0.3 is 15.8 Å². The normalized spacial score (nSPS) is 18.0. The van der Waals surface area contributed by atoms with E-state index in [0.29, 0.717) is 0 Å². The molecule has 1 amide bonds. The lowest BCUT2D eigenvalue weighted by atomic mass is 9.94. The topological polar surface area (TPSA) is 64.3 Å². The number of hydrogen-bond acceptors (Lipinski definition) is 3. The first-order valence-corrected chi connectivity index (χ1v) is 6.95. The molecule has 0 saturated carbocycles. The number of carbonyl (C=O) groups excluding carboxylic acids is 1. The standard InChI is InChI=1S/C17H18N2O2/c1-10-13-9-11(7-8-14(13)19-17(10)20)16(18)12-5-3-4-6-15(12)21-2/h3-10,16H,18H2,1-2H3,(H,19,20). The average molecular weight is 282 g/mol. The van der Waals surface area contributed by atoms with E-state index in [9.17, 15) is 4.79 Å². The fourth-order valence-corrected chi connectivity index (χ4v) is 2.73. The molecule has 2 aromatic rings. The van der Waals surface area contributed by atoms with Crippen LogP contribution >= 0.6 is 0 Å². The Kier molecular flexibility index (Phi) is 3.39. The maximum absolute atomic E-state index is 11.7. The molecule has 0 aromatic heterocycles. The quantitative estimate of drug-likeness (QED) is 0.909. The van der Waals surface area contributed by atoms with Crippen molar-refractivity contribution in [3.63, 3.8) is 0 Å². The van der Waals surface area contributed by atoms with Gasteiger partial charge in [-0.1, -0.05) is 30.3 Å². The number of fused-ring (bicyclic) bond motifs is 1. The number of ether oxygens (including phenoxy) is 1. The van der Waals surface area contributed by atoms with Crippen LogP contribution in [0.5, 0.6) is 5.75 Å². The molecule has 0 radical (unpaired) electrons. The summed E-state index contributed by atoms with van der Waals surface area (Å²) >= 11 is 0. The van der Waals surface area contributed by atoms with Gasteiger partial charge in [-0.2, -0.15) is 0 Å². The maximum Gasteiger partial charge on any atom is 0.231 e. The summed E-state index contributed by atoms with van der Waals surface area (Å²) in [6.07, 6.45) is 0. The lowest BCUT2D eigenvalue weighted by Crippen LogP contribution is -2.13. The van der Waals surface area contributed by atoms with E-state index in [2.05, 4.69) is 5.32 Å². The highest BCUT2D eigenvalue weighted by molar-refractivity contribution is 6.02. The predicted molar refractivity (Wildman–Crippen MR) is 82.5 cm³/mol. The Bertz CT molecular complexity index is 697. The number of nitrogens with one attached hydrogen (secondary N) is 1. The van der Waals surface area contributed by atoms with Gasteiger partial charge in [0.1, 0.15) is 5.75 Å². The summed E-state index contributed by atoms with van der Waals surface area (Å²) < 4.78 is 5.37. The van der Waals surface area contributed by atoms with Crippen LogP contribution in [0, 0.1) is 0 Å². The fourth-order valence-electron chi connectivity index (χ4n) is 2.73. The predicted octanol–water partition coefficient (Wildman–Crippen LogP) is 2.80. The fraction of sp³-hybridized carbons (Fsp3) is 0.235. The van der Waals surface area contributed by atoms with Crippen LogP contribution in [-0.2, 0) is 4.79 Å². The molecular weight excluding hydrogens is 264 g/mol. The second kappa shape index (κ2) is 5.22. The SMILES string of the molecule is COc1ccccc1C(N)c1ccc2c(c1)C(C)C(=O)N2. The number of para-hydroxylation sites is 1. The molecule has 2 aromatic carbocycles. The van der Waals surface area contributed by atoms with Crippen molar-refractivity contribution in [2.24, 2.45) is 5.73 Å². The molecule has 1 aliphatic rings. The van der Waals surface area contributed by atoms with Crippen molar-refractivity contribution in [3.8, 4) is 5.75 Å². The van der Waals surface area contributed by atoms with Crippen LogP contribution in [0.3, 0.4) is 0 Å². The first kappa shape index (κ1) is 13.6. The third-order valence-electron chi connectivity index (χ3n) is 4.03. The molecule has 4 nitrogen and oxygen atoms in total. The smallest absolute Gasteiger partial charge is 0.231 e. The minimum Gasteiger partial charge on any atom is -0.496 e. The van der Waals surface area contributed by atoms with Crippen molar-refractivity contribution >= 4 is 11.6 Å². The molecule has 2 unspecified atom stereocenters. The summed E-state index contributed by atoms with van der Waals surface area (Å²) in [5.74, 6) is 0.672. The van der Waals surface area contributed by atoms with E-state index in [1.165, 1.54) is 0 Å². The summed E-state index contributed by atoms with van der Waals surface area (Å²) in [6.45, 7) is 1.90. The maximum atomic E-state index is 11.7. The van der Waals surface area contributed by atoms with Gasteiger partial charge in [-0.05, 0) is 30.2 Å². The molecule has 0 spiro atoms. The highest BCUT2D eigenvalue weighted by atomic mass is 16.5. The number of anilines is 1. The second-order valence-electron chi connectivity index (χ2n) is 5.28. The van der Waals surface area contributed by atoms with E-state index in [1.807, 2.05) is 49.4 Å². The van der Waals surface area contributed by atoms with Crippen LogP contribution in [0.25, 0.3) is 0 Å². The van der Waals surface area contributed by atoms with E-state index in [-0.39, 0.29) is 17.9 Å². The Balaban J connectivity index is 2.00. The zero-order chi connectivity index (χ0) is 15.0. The molecular formula is C17H18N2O2. The molecule has 2 atom stereocenters. The van der Waals surface area contributed by atoms with Crippen molar-refractivity contribution in [1.82, 2.24) is 0 Å². The van der Waals surface area contributed by atoms with Gasteiger partial charge in [0.15, 0.2) is 0 Å². The molecule has 3 rings (SSSR count). The lowest BCUT2D eigenvalue weighted by Gasteiger charge is -2.17. The summed E-state index contributed by atoms with van der Waals surface area (Å²) in [4.78, 5) is 11.7. The third kappa shape index (κ3) is 2.28. The van der Waals surface area contributed by atoms with Gasteiger partial charge in [0, 0.05) is 11.3 Å². The van der Waals surface area contributed by atoms with Crippen LogP contribution in [-0.4, -0.2) is 13.0 Å². The first-order chi connectivity index (χ1) is 10.1. The monoisotopic (exact) mass is 282 g/mol. The summed E-state index contributed by atoms with van der Waals surface area (Å²) in [6, 6.07) is 13.3. The van der Waals surface area contributed by atoms with E-state index in [4.69, 9.17) is 10.5 Å². The number of nitrogens with two attached hydrogens (primary N) is 1. The largest absolute Gasteiger partial charge is 0.496 e.